The highest BCUT2D eigenvalue weighted by molar-refractivity contribution is 5.95. The minimum atomic E-state index is -0.739. The Morgan fingerprint density at radius 1 is 1.17 bits per heavy atom. The van der Waals surface area contributed by atoms with Gasteiger partial charge in [0, 0.05) is 19.5 Å². The quantitative estimate of drug-likeness (QED) is 0.812. The molecule has 1 aliphatic heterocycles. The van der Waals surface area contributed by atoms with Crippen LogP contribution >= 0.6 is 0 Å². The smallest absolute Gasteiger partial charge is 0.339 e. The summed E-state index contributed by atoms with van der Waals surface area (Å²) < 4.78 is 5.40. The van der Waals surface area contributed by atoms with Gasteiger partial charge in [-0.05, 0) is 36.6 Å². The maximum absolute atomic E-state index is 12.8. The van der Waals surface area contributed by atoms with E-state index < -0.39 is 12.1 Å². The van der Waals surface area contributed by atoms with E-state index in [2.05, 4.69) is 0 Å². The van der Waals surface area contributed by atoms with Crippen molar-refractivity contribution < 1.29 is 14.3 Å². The summed E-state index contributed by atoms with van der Waals surface area (Å²) in [6.45, 7) is 5.07. The molecule has 0 N–H and O–H groups in total. The van der Waals surface area contributed by atoms with Crippen molar-refractivity contribution in [3.05, 3.63) is 70.8 Å². The molecule has 2 aromatic carbocycles. The first-order chi connectivity index (χ1) is 11.6. The highest BCUT2D eigenvalue weighted by atomic mass is 16.5. The molecule has 1 aliphatic rings. The molecule has 4 heteroatoms. The number of benzene rings is 2. The van der Waals surface area contributed by atoms with Crippen LogP contribution in [0.3, 0.4) is 0 Å². The monoisotopic (exact) mass is 323 g/mol. The number of ether oxygens (including phenoxy) is 1. The van der Waals surface area contributed by atoms with Gasteiger partial charge in [-0.25, -0.2) is 4.79 Å². The maximum Gasteiger partial charge on any atom is 0.339 e. The van der Waals surface area contributed by atoms with Gasteiger partial charge in [-0.3, -0.25) is 4.79 Å². The lowest BCUT2D eigenvalue weighted by molar-refractivity contribution is -0.141. The predicted octanol–water partition coefficient (Wildman–Crippen LogP) is 3.13. The van der Waals surface area contributed by atoms with Crippen LogP contribution in [-0.4, -0.2) is 29.4 Å². The van der Waals surface area contributed by atoms with Crippen LogP contribution in [0.2, 0.25) is 0 Å². The van der Waals surface area contributed by atoms with Crippen LogP contribution in [0.4, 0.5) is 0 Å². The van der Waals surface area contributed by atoms with E-state index in [1.165, 1.54) is 0 Å². The number of hydrogen-bond donors (Lipinski definition) is 0. The molecule has 0 saturated heterocycles. The first kappa shape index (κ1) is 16.2. The van der Waals surface area contributed by atoms with Gasteiger partial charge in [0.2, 0.25) is 0 Å². The number of hydrogen-bond acceptors (Lipinski definition) is 3. The fourth-order valence-electron chi connectivity index (χ4n) is 3.01. The summed E-state index contributed by atoms with van der Waals surface area (Å²) in [6, 6.07) is 15.3. The van der Waals surface area contributed by atoms with Crippen molar-refractivity contribution in [1.82, 2.24) is 4.90 Å². The average Bonchev–Trinajstić information content (AvgIpc) is 2.60. The third kappa shape index (κ3) is 3.18. The van der Waals surface area contributed by atoms with Gasteiger partial charge in [0.1, 0.15) is 0 Å². The van der Waals surface area contributed by atoms with Crippen molar-refractivity contribution in [3.63, 3.8) is 0 Å². The highest BCUT2D eigenvalue weighted by Crippen LogP contribution is 2.22. The maximum atomic E-state index is 12.8. The Balaban J connectivity index is 1.78. The molecule has 0 bridgehead atoms. The van der Waals surface area contributed by atoms with Crippen molar-refractivity contribution in [1.29, 1.82) is 0 Å². The normalized spacial score (nSPS) is 16.2. The Morgan fingerprint density at radius 3 is 2.62 bits per heavy atom. The SMILES string of the molecule is CCN(Cc1ccccc1C)C(=O)C1Cc2ccccc2C(=O)O1. The number of carbonyl (C=O) groups is 2. The third-order valence-corrected chi connectivity index (χ3v) is 4.48. The number of nitrogens with zero attached hydrogens (tertiary/aromatic N) is 1. The number of carbonyl (C=O) groups excluding carboxylic acids is 2. The standard InChI is InChI=1S/C20H21NO3/c1-3-21(13-16-10-5-4-8-14(16)2)19(22)18-12-15-9-6-7-11-17(15)20(23)24-18/h4-11,18H,3,12-13H2,1-2H3. The molecular weight excluding hydrogens is 302 g/mol. The molecule has 124 valence electrons. The zero-order chi connectivity index (χ0) is 17.1. The second kappa shape index (κ2) is 6.87. The molecule has 3 rings (SSSR count). The molecule has 0 aromatic heterocycles. The summed E-state index contributed by atoms with van der Waals surface area (Å²) in [4.78, 5) is 26.7. The number of likely N-dealkylation sites (N-methyl/N-ethyl adjacent to an activating group) is 1. The first-order valence-corrected chi connectivity index (χ1v) is 8.22. The zero-order valence-electron chi connectivity index (χ0n) is 14.0. The van der Waals surface area contributed by atoms with Crippen molar-refractivity contribution in [2.24, 2.45) is 0 Å². The van der Waals surface area contributed by atoms with E-state index >= 15 is 0 Å². The molecular formula is C20H21NO3. The molecule has 24 heavy (non-hydrogen) atoms. The number of aryl methyl sites for hydroxylation is 1. The lowest BCUT2D eigenvalue weighted by Crippen LogP contribution is -2.44. The number of fused-ring (bicyclic) bond motifs is 1. The predicted molar refractivity (Wildman–Crippen MR) is 91.6 cm³/mol. The highest BCUT2D eigenvalue weighted by Gasteiger charge is 2.33. The van der Waals surface area contributed by atoms with E-state index in [0.717, 1.165) is 16.7 Å². The van der Waals surface area contributed by atoms with E-state index in [-0.39, 0.29) is 5.91 Å². The van der Waals surface area contributed by atoms with Crippen LogP contribution in [0.25, 0.3) is 0 Å². The number of amides is 1. The number of cyclic esters (lactones) is 1. The minimum absolute atomic E-state index is 0.136. The van der Waals surface area contributed by atoms with Crippen molar-refractivity contribution in [3.8, 4) is 0 Å². The lowest BCUT2D eigenvalue weighted by atomic mass is 9.98. The number of rotatable bonds is 4. The minimum Gasteiger partial charge on any atom is -0.448 e. The summed E-state index contributed by atoms with van der Waals surface area (Å²) in [7, 11) is 0. The van der Waals surface area contributed by atoms with Crippen molar-refractivity contribution >= 4 is 11.9 Å². The molecule has 0 saturated carbocycles. The van der Waals surface area contributed by atoms with E-state index in [1.54, 1.807) is 17.0 Å². The van der Waals surface area contributed by atoms with Gasteiger partial charge in [-0.2, -0.15) is 0 Å². The van der Waals surface area contributed by atoms with E-state index in [1.807, 2.05) is 50.2 Å². The van der Waals surface area contributed by atoms with Crippen LogP contribution in [0.5, 0.6) is 0 Å². The average molecular weight is 323 g/mol. The Morgan fingerprint density at radius 2 is 1.88 bits per heavy atom. The second-order valence-electron chi connectivity index (χ2n) is 6.03. The summed E-state index contributed by atoms with van der Waals surface area (Å²) in [5.74, 6) is -0.550. The van der Waals surface area contributed by atoms with Crippen LogP contribution in [0, 0.1) is 6.92 Å². The lowest BCUT2D eigenvalue weighted by Gasteiger charge is -2.29. The van der Waals surface area contributed by atoms with Gasteiger partial charge in [0.25, 0.3) is 5.91 Å². The van der Waals surface area contributed by atoms with Crippen LogP contribution in [0.15, 0.2) is 48.5 Å². The van der Waals surface area contributed by atoms with Crippen LogP contribution in [-0.2, 0) is 22.5 Å². The van der Waals surface area contributed by atoms with Gasteiger partial charge in [0.15, 0.2) is 6.10 Å². The molecule has 1 unspecified atom stereocenters. The second-order valence-corrected chi connectivity index (χ2v) is 6.03. The van der Waals surface area contributed by atoms with Gasteiger partial charge < -0.3 is 9.64 Å². The Hall–Kier alpha value is -2.62. The fourth-order valence-corrected chi connectivity index (χ4v) is 3.01. The van der Waals surface area contributed by atoms with Crippen LogP contribution in [0.1, 0.15) is 34.0 Å². The molecule has 0 aliphatic carbocycles. The van der Waals surface area contributed by atoms with Gasteiger partial charge in [-0.1, -0.05) is 42.5 Å². The first-order valence-electron chi connectivity index (χ1n) is 8.22. The largest absolute Gasteiger partial charge is 0.448 e. The summed E-state index contributed by atoms with van der Waals surface area (Å²) in [6.07, 6.45) is -0.304. The summed E-state index contributed by atoms with van der Waals surface area (Å²) in [5.41, 5.74) is 3.69. The molecule has 0 radical (unpaired) electrons. The van der Waals surface area contributed by atoms with E-state index in [4.69, 9.17) is 4.74 Å². The molecule has 4 nitrogen and oxygen atoms in total. The van der Waals surface area contributed by atoms with Gasteiger partial charge in [-0.15, -0.1) is 0 Å². The Kier molecular flexibility index (Phi) is 4.65. The molecule has 1 heterocycles. The van der Waals surface area contributed by atoms with Crippen molar-refractivity contribution in [2.75, 3.05) is 6.54 Å². The molecule has 0 spiro atoms. The molecule has 0 fully saturated rings. The van der Waals surface area contributed by atoms with Gasteiger partial charge >= 0.3 is 5.97 Å². The third-order valence-electron chi connectivity index (χ3n) is 4.48. The topological polar surface area (TPSA) is 46.6 Å². The zero-order valence-corrected chi connectivity index (χ0v) is 14.0. The molecule has 1 atom stereocenters. The Bertz CT molecular complexity index is 769. The summed E-state index contributed by atoms with van der Waals surface area (Å²) >= 11 is 0. The fraction of sp³-hybridized carbons (Fsp3) is 0.300. The van der Waals surface area contributed by atoms with Crippen molar-refractivity contribution in [2.45, 2.75) is 32.9 Å². The molecule has 1 amide bonds. The van der Waals surface area contributed by atoms with Gasteiger partial charge in [0.05, 0.1) is 5.56 Å². The van der Waals surface area contributed by atoms with E-state index in [9.17, 15) is 9.59 Å². The summed E-state index contributed by atoms with van der Waals surface area (Å²) in [5, 5.41) is 0. The van der Waals surface area contributed by atoms with Crippen LogP contribution < -0.4 is 0 Å². The van der Waals surface area contributed by atoms with E-state index in [0.29, 0.717) is 25.1 Å². The molecule has 2 aromatic rings. The Labute approximate surface area is 142 Å². The number of esters is 1.